The molecule has 0 radical (unpaired) electrons. The average Bonchev–Trinajstić information content (AvgIpc) is 2.90. The highest BCUT2D eigenvalue weighted by Gasteiger charge is 2.03. The molecule has 1 aromatic carbocycles. The van der Waals surface area contributed by atoms with Gasteiger partial charge in [-0.1, -0.05) is 0 Å². The second-order valence-corrected chi connectivity index (χ2v) is 4.51. The highest BCUT2D eigenvalue weighted by molar-refractivity contribution is 7.14. The zero-order chi connectivity index (χ0) is 13.5. The SMILES string of the molecule is O=CCOc1ccc(NC(=O)Nc2cccs2)cc1. The fourth-order valence-electron chi connectivity index (χ4n) is 1.39. The Kier molecular flexibility index (Phi) is 4.52. The molecular formula is C13H12N2O3S. The maximum atomic E-state index is 11.6. The number of nitrogens with one attached hydrogen (secondary N) is 2. The monoisotopic (exact) mass is 276 g/mol. The van der Waals surface area contributed by atoms with Gasteiger partial charge in [0.05, 0.1) is 5.00 Å². The molecule has 1 heterocycles. The predicted molar refractivity (Wildman–Crippen MR) is 75.0 cm³/mol. The van der Waals surface area contributed by atoms with Crippen LogP contribution >= 0.6 is 11.3 Å². The maximum absolute atomic E-state index is 11.6. The van der Waals surface area contributed by atoms with E-state index in [4.69, 9.17) is 4.74 Å². The molecule has 2 amide bonds. The molecule has 19 heavy (non-hydrogen) atoms. The largest absolute Gasteiger partial charge is 0.486 e. The van der Waals surface area contributed by atoms with Gasteiger partial charge in [0.2, 0.25) is 0 Å². The van der Waals surface area contributed by atoms with Crippen molar-refractivity contribution in [1.82, 2.24) is 0 Å². The van der Waals surface area contributed by atoms with Crippen molar-refractivity contribution in [3.8, 4) is 5.75 Å². The van der Waals surface area contributed by atoms with E-state index in [1.807, 2.05) is 17.5 Å². The van der Waals surface area contributed by atoms with Crippen LogP contribution in [0.3, 0.4) is 0 Å². The summed E-state index contributed by atoms with van der Waals surface area (Å²) in [6.45, 7) is 0.0195. The molecule has 0 atom stereocenters. The highest BCUT2D eigenvalue weighted by atomic mass is 32.1. The van der Waals surface area contributed by atoms with Gasteiger partial charge in [0.1, 0.15) is 12.4 Å². The highest BCUT2D eigenvalue weighted by Crippen LogP contribution is 2.17. The molecule has 1 aromatic heterocycles. The number of urea groups is 1. The van der Waals surface area contributed by atoms with Gasteiger partial charge in [-0.15, -0.1) is 11.3 Å². The minimum Gasteiger partial charge on any atom is -0.486 e. The van der Waals surface area contributed by atoms with E-state index in [1.165, 1.54) is 11.3 Å². The number of carbonyl (C=O) groups excluding carboxylic acids is 2. The summed E-state index contributed by atoms with van der Waals surface area (Å²) >= 11 is 1.45. The van der Waals surface area contributed by atoms with Gasteiger partial charge in [-0.3, -0.25) is 10.1 Å². The molecule has 0 bridgehead atoms. The zero-order valence-electron chi connectivity index (χ0n) is 9.96. The first-order valence-electron chi connectivity index (χ1n) is 5.56. The molecule has 2 rings (SSSR count). The molecule has 0 spiro atoms. The van der Waals surface area contributed by atoms with Gasteiger partial charge in [-0.05, 0) is 41.8 Å². The lowest BCUT2D eigenvalue weighted by molar-refractivity contribution is -0.109. The molecule has 0 aliphatic rings. The number of rotatable bonds is 5. The Labute approximate surface area is 114 Å². The van der Waals surface area contributed by atoms with Crippen LogP contribution in [0.1, 0.15) is 0 Å². The third kappa shape index (κ3) is 4.11. The number of anilines is 2. The van der Waals surface area contributed by atoms with Crippen LogP contribution in [-0.4, -0.2) is 18.9 Å². The first kappa shape index (κ1) is 13.1. The summed E-state index contributed by atoms with van der Waals surface area (Å²) < 4.78 is 5.11. The van der Waals surface area contributed by atoms with E-state index in [2.05, 4.69) is 10.6 Å². The van der Waals surface area contributed by atoms with Crippen molar-refractivity contribution in [2.24, 2.45) is 0 Å². The average molecular weight is 276 g/mol. The van der Waals surface area contributed by atoms with Crippen LogP contribution in [-0.2, 0) is 4.79 Å². The van der Waals surface area contributed by atoms with E-state index >= 15 is 0 Å². The number of ether oxygens (including phenoxy) is 1. The van der Waals surface area contributed by atoms with Crippen molar-refractivity contribution in [1.29, 1.82) is 0 Å². The standard InChI is InChI=1S/C13H12N2O3S/c16-7-8-18-11-5-3-10(4-6-11)14-13(17)15-12-2-1-9-19-12/h1-7,9H,8H2,(H2,14,15,17). The minimum atomic E-state index is -0.302. The van der Waals surface area contributed by atoms with Crippen molar-refractivity contribution >= 4 is 34.3 Å². The molecule has 0 saturated heterocycles. The summed E-state index contributed by atoms with van der Waals surface area (Å²) in [6.07, 6.45) is 0.681. The first-order chi connectivity index (χ1) is 9.28. The summed E-state index contributed by atoms with van der Waals surface area (Å²) in [5.41, 5.74) is 0.646. The lowest BCUT2D eigenvalue weighted by Gasteiger charge is -2.07. The Morgan fingerprint density at radius 2 is 2.00 bits per heavy atom. The van der Waals surface area contributed by atoms with Gasteiger partial charge in [0.15, 0.2) is 6.29 Å². The third-order valence-corrected chi connectivity index (χ3v) is 2.97. The van der Waals surface area contributed by atoms with E-state index in [-0.39, 0.29) is 12.6 Å². The summed E-state index contributed by atoms with van der Waals surface area (Å²) in [6, 6.07) is 10.2. The normalized spacial score (nSPS) is 9.68. The minimum absolute atomic E-state index is 0.0195. The van der Waals surface area contributed by atoms with E-state index in [9.17, 15) is 9.59 Å². The Hall–Kier alpha value is -2.34. The Morgan fingerprint density at radius 3 is 2.63 bits per heavy atom. The van der Waals surface area contributed by atoms with Crippen molar-refractivity contribution < 1.29 is 14.3 Å². The molecule has 0 saturated carbocycles. The van der Waals surface area contributed by atoms with Gasteiger partial charge in [-0.2, -0.15) is 0 Å². The molecule has 0 aliphatic heterocycles. The number of benzene rings is 1. The molecule has 2 aromatic rings. The first-order valence-corrected chi connectivity index (χ1v) is 6.44. The summed E-state index contributed by atoms with van der Waals surface area (Å²) in [7, 11) is 0. The van der Waals surface area contributed by atoms with Gasteiger partial charge >= 0.3 is 6.03 Å². The molecule has 5 nitrogen and oxygen atoms in total. The molecular weight excluding hydrogens is 264 g/mol. The number of hydrogen-bond donors (Lipinski definition) is 2. The van der Waals surface area contributed by atoms with Gasteiger partial charge in [0, 0.05) is 5.69 Å². The second kappa shape index (κ2) is 6.55. The van der Waals surface area contributed by atoms with Crippen LogP contribution in [0.5, 0.6) is 5.75 Å². The van der Waals surface area contributed by atoms with E-state index < -0.39 is 0 Å². The Morgan fingerprint density at radius 1 is 1.21 bits per heavy atom. The van der Waals surface area contributed by atoms with E-state index in [1.54, 1.807) is 24.3 Å². The number of aldehydes is 1. The molecule has 0 fully saturated rings. The second-order valence-electron chi connectivity index (χ2n) is 3.56. The summed E-state index contributed by atoms with van der Waals surface area (Å²) in [4.78, 5) is 21.8. The third-order valence-electron chi connectivity index (χ3n) is 2.19. The van der Waals surface area contributed by atoms with Gasteiger partial charge < -0.3 is 10.1 Å². The van der Waals surface area contributed by atoms with Crippen LogP contribution in [0.25, 0.3) is 0 Å². The Bertz CT molecular complexity index is 538. The maximum Gasteiger partial charge on any atom is 0.324 e. The van der Waals surface area contributed by atoms with E-state index in [0.29, 0.717) is 17.7 Å². The molecule has 0 unspecified atom stereocenters. The summed E-state index contributed by atoms with van der Waals surface area (Å²) in [5, 5.41) is 8.07. The molecule has 2 N–H and O–H groups in total. The van der Waals surface area contributed by atoms with Crippen LogP contribution in [0.2, 0.25) is 0 Å². The number of thiophene rings is 1. The quantitative estimate of drug-likeness (QED) is 0.825. The van der Waals surface area contributed by atoms with Gasteiger partial charge in [0.25, 0.3) is 0 Å². The Balaban J connectivity index is 1.88. The van der Waals surface area contributed by atoms with Crippen LogP contribution < -0.4 is 15.4 Å². The smallest absolute Gasteiger partial charge is 0.324 e. The van der Waals surface area contributed by atoms with Gasteiger partial charge in [-0.25, -0.2) is 4.79 Å². The van der Waals surface area contributed by atoms with Crippen LogP contribution in [0.4, 0.5) is 15.5 Å². The van der Waals surface area contributed by atoms with Crippen molar-refractivity contribution in [3.63, 3.8) is 0 Å². The fraction of sp³-hybridized carbons (Fsp3) is 0.0769. The molecule has 0 aliphatic carbocycles. The van der Waals surface area contributed by atoms with Crippen molar-refractivity contribution in [2.75, 3.05) is 17.2 Å². The fourth-order valence-corrected chi connectivity index (χ4v) is 2.00. The molecule has 6 heteroatoms. The topological polar surface area (TPSA) is 67.4 Å². The zero-order valence-corrected chi connectivity index (χ0v) is 10.8. The lowest BCUT2D eigenvalue weighted by atomic mass is 10.3. The van der Waals surface area contributed by atoms with Crippen molar-refractivity contribution in [3.05, 3.63) is 41.8 Å². The molecule has 98 valence electrons. The van der Waals surface area contributed by atoms with E-state index in [0.717, 1.165) is 5.00 Å². The van der Waals surface area contributed by atoms with Crippen molar-refractivity contribution in [2.45, 2.75) is 0 Å². The van der Waals surface area contributed by atoms with Crippen LogP contribution in [0, 0.1) is 0 Å². The number of carbonyl (C=O) groups is 2. The summed E-state index contributed by atoms with van der Waals surface area (Å²) in [5.74, 6) is 0.580. The number of hydrogen-bond acceptors (Lipinski definition) is 4. The predicted octanol–water partition coefficient (Wildman–Crippen LogP) is 2.97. The number of amides is 2. The van der Waals surface area contributed by atoms with Crippen LogP contribution in [0.15, 0.2) is 41.8 Å². The lowest BCUT2D eigenvalue weighted by Crippen LogP contribution is -2.18.